The van der Waals surface area contributed by atoms with Gasteiger partial charge in [-0.15, -0.1) is 78.1 Å². The van der Waals surface area contributed by atoms with E-state index in [4.69, 9.17) is 9.68 Å². The predicted molar refractivity (Wildman–Crippen MR) is 241 cm³/mol. The fourth-order valence-corrected chi connectivity index (χ4v) is 6.63. The third-order valence-corrected chi connectivity index (χ3v) is 9.28. The molecular weight excluding hydrogens is 980 g/mol. The molecule has 16 heteroatoms. The normalized spacial score (nSPS) is 13.0. The van der Waals surface area contributed by atoms with Crippen molar-refractivity contribution in [3.05, 3.63) is 95.1 Å². The lowest BCUT2D eigenvalue weighted by Gasteiger charge is -2.26. The molecule has 0 saturated carbocycles. The third kappa shape index (κ3) is 12.4. The summed E-state index contributed by atoms with van der Waals surface area (Å²) in [7, 11) is 0. The van der Waals surface area contributed by atoms with Gasteiger partial charge in [0.1, 0.15) is 0 Å². The summed E-state index contributed by atoms with van der Waals surface area (Å²) in [6.45, 7) is 7.70. The Kier molecular flexibility index (Phi) is 22.7. The first-order valence-corrected chi connectivity index (χ1v) is 18.5. The van der Waals surface area contributed by atoms with Gasteiger partial charge in [-0.1, -0.05) is 48.5 Å². The van der Waals surface area contributed by atoms with Crippen molar-refractivity contribution in [2.75, 3.05) is 65.6 Å². The molecule has 0 radical (unpaired) electrons. The number of imide groups is 2. The highest BCUT2D eigenvalue weighted by Gasteiger charge is 2.35. The Morgan fingerprint density at radius 1 is 0.375 bits per heavy atom. The second-order valence-corrected chi connectivity index (χ2v) is 13.0. The molecule has 0 atom stereocenters. The van der Waals surface area contributed by atoms with Crippen LogP contribution in [0, 0.1) is 0 Å². The first-order valence-electron chi connectivity index (χ1n) is 18.5. The molecule has 56 heavy (non-hydrogen) atoms. The molecule has 4 N–H and O–H groups in total. The lowest BCUT2D eigenvalue weighted by Crippen LogP contribution is -2.40. The number of hydroxylamine groups is 4. The monoisotopic (exact) mass is 1030 g/mol. The molecule has 0 saturated heterocycles. The summed E-state index contributed by atoms with van der Waals surface area (Å²) in [4.78, 5) is 62.7. The van der Waals surface area contributed by atoms with E-state index in [-0.39, 0.29) is 81.1 Å². The van der Waals surface area contributed by atoms with Crippen molar-refractivity contribution in [3.63, 3.8) is 0 Å². The SMILES string of the molecule is Br.Br.Br.Br.O=C1c2cccc3cccc(c23)C(=O)N1OCCCNCCCNCCCCNCCCNCCCON1C(=O)c2cccc3cccc(c23)C1=O. The van der Waals surface area contributed by atoms with E-state index in [1.165, 1.54) is 0 Å². The number of nitrogens with zero attached hydrogens (tertiary/aromatic N) is 2. The zero-order valence-corrected chi connectivity index (χ0v) is 38.1. The molecule has 4 aromatic rings. The Bertz CT molecular complexity index is 1670. The lowest BCUT2D eigenvalue weighted by atomic mass is 9.95. The summed E-state index contributed by atoms with van der Waals surface area (Å²) in [5.41, 5.74) is 1.98. The van der Waals surface area contributed by atoms with Crippen LogP contribution in [0.25, 0.3) is 21.5 Å². The van der Waals surface area contributed by atoms with Crippen LogP contribution in [0.1, 0.15) is 80.0 Å². The van der Waals surface area contributed by atoms with Crippen LogP contribution in [0.15, 0.2) is 72.8 Å². The van der Waals surface area contributed by atoms with E-state index in [0.29, 0.717) is 45.9 Å². The molecule has 2 aliphatic heterocycles. The van der Waals surface area contributed by atoms with E-state index in [9.17, 15) is 19.2 Å². The van der Waals surface area contributed by atoms with Gasteiger partial charge in [-0.05, 0) is 126 Å². The number of nitrogens with one attached hydrogen (secondary N) is 4. The number of unbranched alkanes of at least 4 members (excludes halogenated alkanes) is 1. The molecule has 0 spiro atoms. The standard InChI is InChI=1S/C40H48N6O6.4BrH/c47-37-31-15-3-11-29-12-4-16-32(35(29)31)38(48)45(37)51-27-9-25-43-23-7-21-41-19-1-2-20-42-22-8-24-44-26-10-28-52-46-39(49)33-17-5-13-30-14-6-18-34(36(30)33)40(46)50;;;;/h3-6,11-18,41-44H,1-2,7-10,19-28H2;4*1H. The molecule has 4 amide bonds. The van der Waals surface area contributed by atoms with E-state index < -0.39 is 23.6 Å². The summed E-state index contributed by atoms with van der Waals surface area (Å²) in [6, 6.07) is 21.8. The molecule has 6 rings (SSSR count). The number of amides is 4. The van der Waals surface area contributed by atoms with Crippen LogP contribution < -0.4 is 21.3 Å². The van der Waals surface area contributed by atoms with Gasteiger partial charge in [-0.25, -0.2) is 0 Å². The van der Waals surface area contributed by atoms with Crippen LogP contribution in [-0.4, -0.2) is 99.3 Å². The van der Waals surface area contributed by atoms with Crippen LogP contribution in [-0.2, 0) is 9.68 Å². The van der Waals surface area contributed by atoms with Crippen molar-refractivity contribution in [2.24, 2.45) is 0 Å². The number of carbonyl (C=O) groups is 4. The molecule has 0 aromatic heterocycles. The average molecular weight is 1030 g/mol. The van der Waals surface area contributed by atoms with Gasteiger partial charge in [0.2, 0.25) is 0 Å². The molecule has 306 valence electrons. The summed E-state index contributed by atoms with van der Waals surface area (Å²) < 4.78 is 0. The molecule has 12 nitrogen and oxygen atoms in total. The number of hydrogen-bond acceptors (Lipinski definition) is 10. The van der Waals surface area contributed by atoms with Crippen LogP contribution in [0.4, 0.5) is 0 Å². The minimum absolute atomic E-state index is 0. The van der Waals surface area contributed by atoms with Gasteiger partial charge in [0.05, 0.1) is 35.5 Å². The van der Waals surface area contributed by atoms with Crippen molar-refractivity contribution in [3.8, 4) is 0 Å². The van der Waals surface area contributed by atoms with Crippen molar-refractivity contribution in [1.82, 2.24) is 31.4 Å². The number of hydrogen-bond donors (Lipinski definition) is 4. The summed E-state index contributed by atoms with van der Waals surface area (Å²) in [5, 5.41) is 18.7. The van der Waals surface area contributed by atoms with Gasteiger partial charge in [0.25, 0.3) is 23.6 Å². The van der Waals surface area contributed by atoms with Crippen molar-refractivity contribution in [2.45, 2.75) is 38.5 Å². The van der Waals surface area contributed by atoms with Gasteiger partial charge in [-0.3, -0.25) is 28.9 Å². The predicted octanol–water partition coefficient (Wildman–Crippen LogP) is 6.76. The Morgan fingerprint density at radius 2 is 0.643 bits per heavy atom. The molecule has 0 fully saturated rings. The number of benzene rings is 4. The van der Waals surface area contributed by atoms with Crippen LogP contribution in [0.5, 0.6) is 0 Å². The van der Waals surface area contributed by atoms with Gasteiger partial charge < -0.3 is 21.3 Å². The lowest BCUT2D eigenvalue weighted by molar-refractivity contribution is -0.0958. The maximum Gasteiger partial charge on any atom is 0.285 e. The highest BCUT2D eigenvalue weighted by atomic mass is 79.9. The van der Waals surface area contributed by atoms with Crippen molar-refractivity contribution >= 4 is 113 Å². The van der Waals surface area contributed by atoms with E-state index in [2.05, 4.69) is 21.3 Å². The molecule has 0 bridgehead atoms. The Labute approximate surface area is 370 Å². The molecular formula is C40H52Br4N6O6. The fourth-order valence-electron chi connectivity index (χ4n) is 6.63. The quantitative estimate of drug-likeness (QED) is 0.0466. The molecule has 2 aliphatic rings. The minimum atomic E-state index is -0.410. The second kappa shape index (κ2) is 25.7. The Morgan fingerprint density at radius 3 is 0.946 bits per heavy atom. The number of rotatable bonds is 23. The average Bonchev–Trinajstić information content (AvgIpc) is 3.17. The fraction of sp³-hybridized carbons (Fsp3) is 0.400. The van der Waals surface area contributed by atoms with Gasteiger partial charge in [0, 0.05) is 10.8 Å². The van der Waals surface area contributed by atoms with E-state index in [1.54, 1.807) is 24.3 Å². The van der Waals surface area contributed by atoms with Gasteiger partial charge in [-0.2, -0.15) is 0 Å². The zero-order valence-electron chi connectivity index (χ0n) is 31.2. The molecule has 2 heterocycles. The number of halogens is 4. The first kappa shape index (κ1) is 49.5. The minimum Gasteiger partial charge on any atom is -0.317 e. The first-order chi connectivity index (χ1) is 25.6. The van der Waals surface area contributed by atoms with Crippen LogP contribution in [0.2, 0.25) is 0 Å². The largest absolute Gasteiger partial charge is 0.317 e. The maximum atomic E-state index is 12.9. The van der Waals surface area contributed by atoms with Gasteiger partial charge >= 0.3 is 0 Å². The van der Waals surface area contributed by atoms with Crippen molar-refractivity contribution < 1.29 is 28.9 Å². The molecule has 4 aromatic carbocycles. The molecule has 0 aliphatic carbocycles. The van der Waals surface area contributed by atoms with Crippen LogP contribution in [0.3, 0.4) is 0 Å². The third-order valence-electron chi connectivity index (χ3n) is 9.28. The van der Waals surface area contributed by atoms with E-state index in [1.807, 2.05) is 48.5 Å². The summed E-state index contributed by atoms with van der Waals surface area (Å²) in [5.74, 6) is -1.64. The van der Waals surface area contributed by atoms with Crippen LogP contribution >= 0.6 is 67.9 Å². The van der Waals surface area contributed by atoms with Crippen molar-refractivity contribution in [1.29, 1.82) is 0 Å². The topological polar surface area (TPSA) is 141 Å². The summed E-state index contributed by atoms with van der Waals surface area (Å²) >= 11 is 0. The number of carbonyl (C=O) groups excluding carboxylic acids is 4. The smallest absolute Gasteiger partial charge is 0.285 e. The second-order valence-electron chi connectivity index (χ2n) is 13.0. The summed E-state index contributed by atoms with van der Waals surface area (Å²) in [6.07, 6.45) is 5.64. The molecule has 0 unspecified atom stereocenters. The van der Waals surface area contributed by atoms with E-state index >= 15 is 0 Å². The highest BCUT2D eigenvalue weighted by Crippen LogP contribution is 2.31. The Hall–Kier alpha value is -2.64. The zero-order chi connectivity index (χ0) is 36.1. The van der Waals surface area contributed by atoms with E-state index in [0.717, 1.165) is 98.9 Å². The maximum absolute atomic E-state index is 12.9. The highest BCUT2D eigenvalue weighted by molar-refractivity contribution is 8.93. The van der Waals surface area contributed by atoms with Gasteiger partial charge in [0.15, 0.2) is 0 Å². The Balaban J connectivity index is 0.00000271.